The molecule has 3 aromatic rings. The van der Waals surface area contributed by atoms with Gasteiger partial charge >= 0.3 is 5.69 Å². The lowest BCUT2D eigenvalue weighted by Gasteiger charge is -2.17. The van der Waals surface area contributed by atoms with Crippen molar-refractivity contribution in [1.82, 2.24) is 24.6 Å². The number of aromatic nitrogens is 4. The van der Waals surface area contributed by atoms with Crippen molar-refractivity contribution in [2.24, 2.45) is 0 Å². The summed E-state index contributed by atoms with van der Waals surface area (Å²) >= 11 is 0. The Kier molecular flexibility index (Phi) is 4.67. The van der Waals surface area contributed by atoms with Gasteiger partial charge in [-0.3, -0.25) is 14.7 Å². The highest BCUT2D eigenvalue weighted by atomic mass is 16.2. The van der Waals surface area contributed by atoms with Crippen molar-refractivity contribution in [2.45, 2.75) is 26.9 Å². The van der Waals surface area contributed by atoms with Crippen LogP contribution >= 0.6 is 0 Å². The predicted molar refractivity (Wildman–Crippen MR) is 95.9 cm³/mol. The standard InChI is InChI=1S/C18H21N5O2/c1-12-7-13(2)23(21-12)16-6-4-5-14(8-16)10-22(3)11-15-9-17(24)20-18(25)19-15/h4-9H,10-11H2,1-3H3,(H2,19,20,24,25). The van der Waals surface area contributed by atoms with Gasteiger partial charge in [0.25, 0.3) is 5.56 Å². The van der Waals surface area contributed by atoms with Gasteiger partial charge in [0.15, 0.2) is 0 Å². The summed E-state index contributed by atoms with van der Waals surface area (Å²) in [6.07, 6.45) is 0. The zero-order valence-corrected chi connectivity index (χ0v) is 14.5. The first-order valence-corrected chi connectivity index (χ1v) is 8.04. The van der Waals surface area contributed by atoms with Crippen molar-refractivity contribution in [3.05, 3.63) is 79.9 Å². The van der Waals surface area contributed by atoms with Crippen LogP contribution in [0.4, 0.5) is 0 Å². The molecule has 7 nitrogen and oxygen atoms in total. The molecule has 0 amide bonds. The first-order chi connectivity index (χ1) is 11.9. The molecular formula is C18H21N5O2. The summed E-state index contributed by atoms with van der Waals surface area (Å²) in [6.45, 7) is 5.16. The normalized spacial score (nSPS) is 11.2. The molecule has 2 N–H and O–H groups in total. The number of nitrogens with one attached hydrogen (secondary N) is 2. The Bertz CT molecular complexity index is 971. The van der Waals surface area contributed by atoms with E-state index in [2.05, 4.69) is 21.1 Å². The van der Waals surface area contributed by atoms with Gasteiger partial charge in [0.1, 0.15) is 0 Å². The van der Waals surface area contributed by atoms with E-state index in [4.69, 9.17) is 0 Å². The molecule has 0 aliphatic rings. The van der Waals surface area contributed by atoms with Gasteiger partial charge in [0.2, 0.25) is 0 Å². The molecule has 0 aliphatic heterocycles. The van der Waals surface area contributed by atoms with Crippen LogP contribution in [0.2, 0.25) is 0 Å². The van der Waals surface area contributed by atoms with E-state index in [1.807, 2.05) is 54.7 Å². The van der Waals surface area contributed by atoms with E-state index in [0.717, 1.165) is 22.6 Å². The monoisotopic (exact) mass is 339 g/mol. The summed E-state index contributed by atoms with van der Waals surface area (Å²) in [4.78, 5) is 29.6. The maximum atomic E-state index is 11.4. The van der Waals surface area contributed by atoms with Crippen LogP contribution in [-0.4, -0.2) is 31.7 Å². The highest BCUT2D eigenvalue weighted by Crippen LogP contribution is 2.15. The smallest absolute Gasteiger partial charge is 0.310 e. The van der Waals surface area contributed by atoms with Crippen molar-refractivity contribution in [2.75, 3.05) is 7.05 Å². The molecule has 25 heavy (non-hydrogen) atoms. The Morgan fingerprint density at radius 2 is 1.88 bits per heavy atom. The number of hydrogen-bond acceptors (Lipinski definition) is 4. The molecule has 2 aromatic heterocycles. The number of H-pyrrole nitrogens is 2. The second-order valence-corrected chi connectivity index (χ2v) is 6.29. The lowest BCUT2D eigenvalue weighted by atomic mass is 10.2. The van der Waals surface area contributed by atoms with Crippen molar-refractivity contribution >= 4 is 0 Å². The van der Waals surface area contributed by atoms with Crippen LogP contribution in [0.25, 0.3) is 5.69 Å². The highest BCUT2D eigenvalue weighted by Gasteiger charge is 2.07. The van der Waals surface area contributed by atoms with Crippen LogP contribution in [0, 0.1) is 13.8 Å². The highest BCUT2D eigenvalue weighted by molar-refractivity contribution is 5.37. The maximum Gasteiger partial charge on any atom is 0.325 e. The van der Waals surface area contributed by atoms with Crippen LogP contribution in [0.15, 0.2) is 46.0 Å². The Hall–Kier alpha value is -2.93. The Morgan fingerprint density at radius 3 is 2.56 bits per heavy atom. The van der Waals surface area contributed by atoms with E-state index in [1.165, 1.54) is 6.07 Å². The van der Waals surface area contributed by atoms with E-state index in [-0.39, 0.29) is 0 Å². The minimum atomic E-state index is -0.484. The molecule has 0 saturated carbocycles. The SMILES string of the molecule is Cc1cc(C)n(-c2cccc(CN(C)Cc3cc(=O)[nH]c(=O)[nH]3)c2)n1. The van der Waals surface area contributed by atoms with Gasteiger partial charge in [-0.2, -0.15) is 5.10 Å². The van der Waals surface area contributed by atoms with Gasteiger partial charge in [0.05, 0.1) is 11.4 Å². The molecule has 7 heteroatoms. The van der Waals surface area contributed by atoms with Crippen LogP contribution in [0.5, 0.6) is 0 Å². The summed E-state index contributed by atoms with van der Waals surface area (Å²) < 4.78 is 1.92. The second kappa shape index (κ2) is 6.90. The lowest BCUT2D eigenvalue weighted by Crippen LogP contribution is -2.26. The van der Waals surface area contributed by atoms with Gasteiger partial charge < -0.3 is 4.98 Å². The van der Waals surface area contributed by atoms with Crippen molar-refractivity contribution in [3.8, 4) is 5.69 Å². The van der Waals surface area contributed by atoms with Crippen LogP contribution < -0.4 is 11.2 Å². The van der Waals surface area contributed by atoms with Crippen LogP contribution in [-0.2, 0) is 13.1 Å². The third-order valence-corrected chi connectivity index (χ3v) is 3.87. The third kappa shape index (κ3) is 4.13. The largest absolute Gasteiger partial charge is 0.325 e. The number of benzene rings is 1. The number of nitrogens with zero attached hydrogens (tertiary/aromatic N) is 3. The van der Waals surface area contributed by atoms with Crippen LogP contribution in [0.1, 0.15) is 22.6 Å². The molecule has 2 heterocycles. The average Bonchev–Trinajstić information content (AvgIpc) is 2.85. The molecule has 0 saturated heterocycles. The van der Waals surface area contributed by atoms with Crippen LogP contribution in [0.3, 0.4) is 0 Å². The van der Waals surface area contributed by atoms with Gasteiger partial charge in [0, 0.05) is 30.5 Å². The van der Waals surface area contributed by atoms with Crippen molar-refractivity contribution in [1.29, 1.82) is 0 Å². The lowest BCUT2D eigenvalue weighted by molar-refractivity contribution is 0.314. The number of aryl methyl sites for hydroxylation is 2. The molecular weight excluding hydrogens is 318 g/mol. The molecule has 1 aromatic carbocycles. The Morgan fingerprint density at radius 1 is 1.08 bits per heavy atom. The number of rotatable bonds is 5. The predicted octanol–water partition coefficient (Wildman–Crippen LogP) is 1.50. The summed E-state index contributed by atoms with van der Waals surface area (Å²) in [5.41, 5.74) is 3.93. The van der Waals surface area contributed by atoms with Crippen molar-refractivity contribution < 1.29 is 0 Å². The molecule has 3 rings (SSSR count). The summed E-state index contributed by atoms with van der Waals surface area (Å²) in [6, 6.07) is 11.6. The van der Waals surface area contributed by atoms with E-state index in [9.17, 15) is 9.59 Å². The fourth-order valence-electron chi connectivity index (χ4n) is 2.94. The van der Waals surface area contributed by atoms with Gasteiger partial charge in [-0.1, -0.05) is 12.1 Å². The molecule has 130 valence electrons. The summed E-state index contributed by atoms with van der Waals surface area (Å²) in [7, 11) is 1.94. The Labute approximate surface area is 144 Å². The number of aromatic amines is 2. The molecule has 0 aliphatic carbocycles. The molecule has 0 spiro atoms. The molecule has 0 unspecified atom stereocenters. The third-order valence-electron chi connectivity index (χ3n) is 3.87. The average molecular weight is 339 g/mol. The zero-order valence-electron chi connectivity index (χ0n) is 14.5. The molecule has 0 radical (unpaired) electrons. The Balaban J connectivity index is 1.76. The molecule has 0 fully saturated rings. The molecule has 0 atom stereocenters. The van der Waals surface area contributed by atoms with E-state index < -0.39 is 11.2 Å². The maximum absolute atomic E-state index is 11.4. The van der Waals surface area contributed by atoms with E-state index in [0.29, 0.717) is 18.8 Å². The minimum absolute atomic E-state index is 0.390. The minimum Gasteiger partial charge on any atom is -0.310 e. The topological polar surface area (TPSA) is 86.8 Å². The summed E-state index contributed by atoms with van der Waals surface area (Å²) in [5, 5.41) is 4.51. The fourth-order valence-corrected chi connectivity index (χ4v) is 2.94. The number of hydrogen-bond donors (Lipinski definition) is 2. The van der Waals surface area contributed by atoms with Gasteiger partial charge in [-0.25, -0.2) is 9.48 Å². The second-order valence-electron chi connectivity index (χ2n) is 6.29. The van der Waals surface area contributed by atoms with Gasteiger partial charge in [-0.15, -0.1) is 0 Å². The van der Waals surface area contributed by atoms with E-state index >= 15 is 0 Å². The fraction of sp³-hybridized carbons (Fsp3) is 0.278. The summed E-state index contributed by atoms with van der Waals surface area (Å²) in [5.74, 6) is 0. The van der Waals surface area contributed by atoms with Gasteiger partial charge in [-0.05, 0) is 44.7 Å². The quantitative estimate of drug-likeness (QED) is 0.737. The van der Waals surface area contributed by atoms with Crippen molar-refractivity contribution in [3.63, 3.8) is 0 Å². The first-order valence-electron chi connectivity index (χ1n) is 8.04. The molecule has 0 bridgehead atoms. The first kappa shape index (κ1) is 16.9. The zero-order chi connectivity index (χ0) is 18.0. The van der Waals surface area contributed by atoms with E-state index in [1.54, 1.807) is 0 Å².